The van der Waals surface area contributed by atoms with Gasteiger partial charge in [-0.15, -0.1) is 0 Å². The molecule has 4 nitrogen and oxygen atoms in total. The van der Waals surface area contributed by atoms with Gasteiger partial charge >= 0.3 is 0 Å². The zero-order valence-corrected chi connectivity index (χ0v) is 11.5. The molecule has 0 aliphatic rings. The van der Waals surface area contributed by atoms with Crippen LogP contribution in [0, 0.1) is 0 Å². The van der Waals surface area contributed by atoms with Crippen molar-refractivity contribution in [3.63, 3.8) is 0 Å². The number of nitrogens with two attached hydrogens (primary N) is 1. The number of aryl methyl sites for hydroxylation is 1. The first-order chi connectivity index (χ1) is 9.20. The van der Waals surface area contributed by atoms with E-state index in [2.05, 4.69) is 16.9 Å². The fraction of sp³-hybridized carbons (Fsp3) is 0.214. The van der Waals surface area contributed by atoms with Crippen LogP contribution in [0.2, 0.25) is 0 Å². The molecule has 0 saturated heterocycles. The van der Waals surface area contributed by atoms with Crippen LogP contribution in [0.5, 0.6) is 0 Å². The van der Waals surface area contributed by atoms with E-state index < -0.39 is 5.91 Å². The van der Waals surface area contributed by atoms with Crippen LogP contribution in [0.25, 0.3) is 0 Å². The molecule has 1 aromatic carbocycles. The fourth-order valence-corrected chi connectivity index (χ4v) is 2.54. The Morgan fingerprint density at radius 2 is 2.05 bits per heavy atom. The molecule has 0 fully saturated rings. The minimum atomic E-state index is -0.550. The standard InChI is InChI=1S/C14H15N3OS/c1-2-6-11-14(17-12(9-16-11)13(15)18)19-10-7-4-3-5-8-10/h3-5,7-9H,2,6H2,1H3,(H2,15,18). The molecular weight excluding hydrogens is 258 g/mol. The number of rotatable bonds is 5. The largest absolute Gasteiger partial charge is 0.364 e. The number of carbonyl (C=O) groups is 1. The average Bonchev–Trinajstić information content (AvgIpc) is 2.42. The lowest BCUT2D eigenvalue weighted by Crippen LogP contribution is -2.14. The van der Waals surface area contributed by atoms with Crippen molar-refractivity contribution in [3.8, 4) is 0 Å². The van der Waals surface area contributed by atoms with Gasteiger partial charge in [0.2, 0.25) is 0 Å². The van der Waals surface area contributed by atoms with Crippen LogP contribution in [0.4, 0.5) is 0 Å². The third-order valence-corrected chi connectivity index (χ3v) is 3.54. The van der Waals surface area contributed by atoms with Crippen molar-refractivity contribution in [2.45, 2.75) is 29.7 Å². The Balaban J connectivity index is 2.34. The number of hydrogen-bond acceptors (Lipinski definition) is 4. The summed E-state index contributed by atoms with van der Waals surface area (Å²) in [5.74, 6) is -0.550. The SMILES string of the molecule is CCCc1ncc(C(N)=O)nc1Sc1ccccc1. The van der Waals surface area contributed by atoms with Crippen molar-refractivity contribution in [1.82, 2.24) is 9.97 Å². The summed E-state index contributed by atoms with van der Waals surface area (Å²) in [4.78, 5) is 20.9. The predicted molar refractivity (Wildman–Crippen MR) is 75.1 cm³/mol. The molecule has 0 unspecified atom stereocenters. The van der Waals surface area contributed by atoms with E-state index in [-0.39, 0.29) is 5.69 Å². The first-order valence-corrected chi connectivity index (χ1v) is 6.91. The van der Waals surface area contributed by atoms with E-state index in [0.29, 0.717) is 0 Å². The second-order valence-electron chi connectivity index (χ2n) is 4.04. The Morgan fingerprint density at radius 1 is 1.32 bits per heavy atom. The van der Waals surface area contributed by atoms with Crippen molar-refractivity contribution in [3.05, 3.63) is 47.9 Å². The van der Waals surface area contributed by atoms with Crippen molar-refractivity contribution in [2.24, 2.45) is 5.73 Å². The molecule has 98 valence electrons. The number of nitrogens with zero attached hydrogens (tertiary/aromatic N) is 2. The van der Waals surface area contributed by atoms with Crippen LogP contribution in [-0.4, -0.2) is 15.9 Å². The molecule has 0 saturated carbocycles. The van der Waals surface area contributed by atoms with Crippen molar-refractivity contribution in [1.29, 1.82) is 0 Å². The summed E-state index contributed by atoms with van der Waals surface area (Å²) >= 11 is 1.50. The zero-order valence-electron chi connectivity index (χ0n) is 10.7. The summed E-state index contributed by atoms with van der Waals surface area (Å²) in [5.41, 5.74) is 6.36. The highest BCUT2D eigenvalue weighted by Gasteiger charge is 2.11. The second-order valence-corrected chi connectivity index (χ2v) is 5.10. The highest BCUT2D eigenvalue weighted by Crippen LogP contribution is 2.28. The molecule has 0 aliphatic carbocycles. The monoisotopic (exact) mass is 273 g/mol. The number of hydrogen-bond donors (Lipinski definition) is 1. The molecule has 0 bridgehead atoms. The highest BCUT2D eigenvalue weighted by atomic mass is 32.2. The third-order valence-electron chi connectivity index (χ3n) is 2.51. The summed E-state index contributed by atoms with van der Waals surface area (Å²) < 4.78 is 0. The molecule has 0 spiro atoms. The van der Waals surface area contributed by atoms with E-state index in [9.17, 15) is 4.79 Å². The van der Waals surface area contributed by atoms with Gasteiger partial charge in [-0.2, -0.15) is 0 Å². The van der Waals surface area contributed by atoms with Gasteiger partial charge in [0.15, 0.2) is 0 Å². The summed E-state index contributed by atoms with van der Waals surface area (Å²) in [7, 11) is 0. The van der Waals surface area contributed by atoms with Crippen LogP contribution < -0.4 is 5.73 Å². The quantitative estimate of drug-likeness (QED) is 0.909. The predicted octanol–water partition coefficient (Wildman–Crippen LogP) is 2.68. The lowest BCUT2D eigenvalue weighted by atomic mass is 10.2. The van der Waals surface area contributed by atoms with E-state index in [1.54, 1.807) is 0 Å². The third kappa shape index (κ3) is 3.54. The van der Waals surface area contributed by atoms with Gasteiger partial charge in [-0.1, -0.05) is 43.3 Å². The van der Waals surface area contributed by atoms with E-state index in [0.717, 1.165) is 28.5 Å². The molecule has 1 aromatic heterocycles. The van der Waals surface area contributed by atoms with Crippen LogP contribution in [0.1, 0.15) is 29.5 Å². The minimum Gasteiger partial charge on any atom is -0.364 e. The molecular formula is C14H15N3OS. The van der Waals surface area contributed by atoms with Gasteiger partial charge in [-0.05, 0) is 18.6 Å². The van der Waals surface area contributed by atoms with Gasteiger partial charge in [0.1, 0.15) is 10.7 Å². The average molecular weight is 273 g/mol. The molecule has 1 amide bonds. The first kappa shape index (κ1) is 13.5. The van der Waals surface area contributed by atoms with Crippen molar-refractivity contribution in [2.75, 3.05) is 0 Å². The summed E-state index contributed by atoms with van der Waals surface area (Å²) in [6, 6.07) is 9.89. The minimum absolute atomic E-state index is 0.207. The number of aromatic nitrogens is 2. The van der Waals surface area contributed by atoms with Crippen LogP contribution in [0.15, 0.2) is 46.5 Å². The molecule has 2 rings (SSSR count). The van der Waals surface area contributed by atoms with Gasteiger partial charge in [0.25, 0.3) is 5.91 Å². The Morgan fingerprint density at radius 3 is 2.68 bits per heavy atom. The second kappa shape index (κ2) is 6.33. The Kier molecular flexibility index (Phi) is 4.52. The molecule has 5 heteroatoms. The smallest absolute Gasteiger partial charge is 0.268 e. The molecule has 0 atom stereocenters. The summed E-state index contributed by atoms with van der Waals surface area (Å²) in [6.45, 7) is 2.08. The van der Waals surface area contributed by atoms with E-state index in [1.807, 2.05) is 30.3 Å². The van der Waals surface area contributed by atoms with E-state index in [1.165, 1.54) is 18.0 Å². The lowest BCUT2D eigenvalue weighted by Gasteiger charge is -2.07. The van der Waals surface area contributed by atoms with Gasteiger partial charge in [0.05, 0.1) is 11.9 Å². The molecule has 1 heterocycles. The Hall–Kier alpha value is -1.88. The zero-order chi connectivity index (χ0) is 13.7. The van der Waals surface area contributed by atoms with Crippen molar-refractivity contribution >= 4 is 17.7 Å². The number of amides is 1. The summed E-state index contributed by atoms with van der Waals surface area (Å²) in [5, 5.41) is 0.754. The maximum Gasteiger partial charge on any atom is 0.268 e. The Labute approximate surface area is 116 Å². The molecule has 0 aliphatic heterocycles. The summed E-state index contributed by atoms with van der Waals surface area (Å²) in [6.07, 6.45) is 3.26. The fourth-order valence-electron chi connectivity index (χ4n) is 1.61. The number of primary amides is 1. The molecule has 2 N–H and O–H groups in total. The number of benzene rings is 1. The van der Waals surface area contributed by atoms with Crippen LogP contribution in [0.3, 0.4) is 0 Å². The Bertz CT molecular complexity index is 572. The topological polar surface area (TPSA) is 68.9 Å². The normalized spacial score (nSPS) is 10.4. The highest BCUT2D eigenvalue weighted by molar-refractivity contribution is 7.99. The van der Waals surface area contributed by atoms with Gasteiger partial charge in [0, 0.05) is 4.90 Å². The maximum absolute atomic E-state index is 11.2. The molecule has 2 aromatic rings. The maximum atomic E-state index is 11.2. The van der Waals surface area contributed by atoms with E-state index >= 15 is 0 Å². The van der Waals surface area contributed by atoms with Crippen molar-refractivity contribution < 1.29 is 4.79 Å². The number of carbonyl (C=O) groups excluding carboxylic acids is 1. The lowest BCUT2D eigenvalue weighted by molar-refractivity contribution is 0.0994. The molecule has 0 radical (unpaired) electrons. The first-order valence-electron chi connectivity index (χ1n) is 6.09. The van der Waals surface area contributed by atoms with Gasteiger partial charge < -0.3 is 5.73 Å². The van der Waals surface area contributed by atoms with Gasteiger partial charge in [-0.3, -0.25) is 9.78 Å². The van der Waals surface area contributed by atoms with Gasteiger partial charge in [-0.25, -0.2) is 4.98 Å². The van der Waals surface area contributed by atoms with E-state index in [4.69, 9.17) is 5.73 Å². The van der Waals surface area contributed by atoms with Crippen LogP contribution >= 0.6 is 11.8 Å². The van der Waals surface area contributed by atoms with Crippen LogP contribution in [-0.2, 0) is 6.42 Å². The molecule has 19 heavy (non-hydrogen) atoms.